The van der Waals surface area contributed by atoms with Gasteiger partial charge in [0.2, 0.25) is 0 Å². The van der Waals surface area contributed by atoms with Gasteiger partial charge >= 0.3 is 0 Å². The highest BCUT2D eigenvalue weighted by Crippen LogP contribution is 2.46. The monoisotopic (exact) mass is 421 g/mol. The molecule has 0 unspecified atom stereocenters. The van der Waals surface area contributed by atoms with Crippen molar-refractivity contribution in [2.24, 2.45) is 10.7 Å². The van der Waals surface area contributed by atoms with Gasteiger partial charge in [0.05, 0.1) is 6.54 Å². The summed E-state index contributed by atoms with van der Waals surface area (Å²) in [5.74, 6) is 0.647. The minimum absolute atomic E-state index is 0. The lowest BCUT2D eigenvalue weighted by molar-refractivity contribution is 0.252. The van der Waals surface area contributed by atoms with Crippen LogP contribution in [0.2, 0.25) is 5.02 Å². The summed E-state index contributed by atoms with van der Waals surface area (Å²) < 4.78 is 0. The van der Waals surface area contributed by atoms with Crippen molar-refractivity contribution in [1.82, 2.24) is 4.90 Å². The summed E-state index contributed by atoms with van der Waals surface area (Å²) in [7, 11) is 0. The van der Waals surface area contributed by atoms with Crippen molar-refractivity contribution in [3.05, 3.63) is 34.9 Å². The van der Waals surface area contributed by atoms with E-state index in [9.17, 15) is 0 Å². The Hall–Kier alpha value is -0.490. The van der Waals surface area contributed by atoms with Crippen molar-refractivity contribution >= 4 is 41.5 Å². The van der Waals surface area contributed by atoms with E-state index in [1.807, 2.05) is 12.1 Å². The quantitative estimate of drug-likeness (QED) is 0.443. The van der Waals surface area contributed by atoms with Crippen LogP contribution in [0.25, 0.3) is 0 Å². The van der Waals surface area contributed by atoms with Crippen LogP contribution in [0.4, 0.5) is 0 Å². The molecule has 1 fully saturated rings. The van der Waals surface area contributed by atoms with Crippen molar-refractivity contribution in [1.29, 1.82) is 0 Å². The number of rotatable bonds is 5. The summed E-state index contributed by atoms with van der Waals surface area (Å²) in [5.41, 5.74) is 7.40. The standard InChI is InChI=1S/C16H24ClN3.HI/c1-3-20(4-2)15(18)19-12-16(10-7-11-16)13-8-5-6-9-14(13)17;/h5-6,8-9H,3-4,7,10-12H2,1-2H3,(H2,18,19);1H. The van der Waals surface area contributed by atoms with Crippen molar-refractivity contribution in [2.75, 3.05) is 19.6 Å². The van der Waals surface area contributed by atoms with E-state index in [0.717, 1.165) is 37.5 Å². The molecular weight excluding hydrogens is 397 g/mol. The van der Waals surface area contributed by atoms with Gasteiger partial charge in [0, 0.05) is 23.5 Å². The molecule has 0 atom stereocenters. The fraction of sp³-hybridized carbons (Fsp3) is 0.562. The first kappa shape index (κ1) is 18.6. The topological polar surface area (TPSA) is 41.6 Å². The van der Waals surface area contributed by atoms with Crippen molar-refractivity contribution in [2.45, 2.75) is 38.5 Å². The molecule has 0 saturated heterocycles. The first-order valence-corrected chi connectivity index (χ1v) is 7.80. The first-order chi connectivity index (χ1) is 9.63. The Bertz CT molecular complexity index is 482. The van der Waals surface area contributed by atoms with Gasteiger partial charge in [-0.25, -0.2) is 0 Å². The van der Waals surface area contributed by atoms with Crippen LogP contribution in [0.3, 0.4) is 0 Å². The number of halogens is 2. The Morgan fingerprint density at radius 3 is 2.38 bits per heavy atom. The van der Waals surface area contributed by atoms with Gasteiger partial charge in [-0.1, -0.05) is 36.2 Å². The summed E-state index contributed by atoms with van der Waals surface area (Å²) in [5, 5.41) is 0.851. The van der Waals surface area contributed by atoms with Crippen molar-refractivity contribution in [3.63, 3.8) is 0 Å². The predicted molar refractivity (Wildman–Crippen MR) is 102 cm³/mol. The number of hydrogen-bond donors (Lipinski definition) is 1. The molecule has 0 heterocycles. The zero-order valence-electron chi connectivity index (χ0n) is 12.8. The normalized spacial score (nSPS) is 16.8. The molecule has 0 amide bonds. The molecule has 1 aliphatic carbocycles. The molecule has 0 bridgehead atoms. The van der Waals surface area contributed by atoms with Gasteiger partial charge in [0.25, 0.3) is 0 Å². The number of aliphatic imine (C=N–C) groups is 1. The van der Waals surface area contributed by atoms with Crippen molar-refractivity contribution < 1.29 is 0 Å². The number of benzene rings is 1. The second-order valence-corrected chi connectivity index (χ2v) is 5.87. The van der Waals surface area contributed by atoms with E-state index in [4.69, 9.17) is 17.3 Å². The zero-order chi connectivity index (χ0) is 14.6. The Morgan fingerprint density at radius 2 is 1.90 bits per heavy atom. The van der Waals surface area contributed by atoms with Crippen LogP contribution >= 0.6 is 35.6 Å². The van der Waals surface area contributed by atoms with Gasteiger partial charge in [-0.2, -0.15) is 0 Å². The molecule has 2 N–H and O–H groups in total. The lowest BCUT2D eigenvalue weighted by Gasteiger charge is -2.42. The molecule has 0 radical (unpaired) electrons. The molecule has 3 nitrogen and oxygen atoms in total. The second-order valence-electron chi connectivity index (χ2n) is 5.46. The third kappa shape index (κ3) is 4.03. The van der Waals surface area contributed by atoms with Crippen LogP contribution in [0.5, 0.6) is 0 Å². The Kier molecular flexibility index (Phi) is 7.27. The summed E-state index contributed by atoms with van der Waals surface area (Å²) in [6, 6.07) is 8.13. The molecule has 5 heteroatoms. The van der Waals surface area contributed by atoms with Gasteiger partial charge in [0.1, 0.15) is 0 Å². The fourth-order valence-corrected chi connectivity index (χ4v) is 3.22. The molecule has 0 aliphatic heterocycles. The van der Waals surface area contributed by atoms with E-state index < -0.39 is 0 Å². The molecule has 0 aromatic heterocycles. The Morgan fingerprint density at radius 1 is 1.29 bits per heavy atom. The highest BCUT2D eigenvalue weighted by Gasteiger charge is 2.39. The summed E-state index contributed by atoms with van der Waals surface area (Å²) >= 11 is 6.36. The average molecular weight is 422 g/mol. The van der Waals surface area contributed by atoms with E-state index in [1.165, 1.54) is 12.0 Å². The Balaban J connectivity index is 0.00000220. The molecule has 0 spiro atoms. The van der Waals surface area contributed by atoms with Crippen LogP contribution in [0.15, 0.2) is 29.3 Å². The highest BCUT2D eigenvalue weighted by atomic mass is 127. The van der Waals surface area contributed by atoms with Gasteiger partial charge in [-0.05, 0) is 38.3 Å². The van der Waals surface area contributed by atoms with Crippen LogP contribution in [-0.2, 0) is 5.41 Å². The van der Waals surface area contributed by atoms with Crippen LogP contribution < -0.4 is 5.73 Å². The maximum Gasteiger partial charge on any atom is 0.191 e. The largest absolute Gasteiger partial charge is 0.370 e. The lowest BCUT2D eigenvalue weighted by atomic mass is 9.64. The molecule has 1 aliphatic rings. The van der Waals surface area contributed by atoms with Gasteiger partial charge in [0.15, 0.2) is 5.96 Å². The summed E-state index contributed by atoms with van der Waals surface area (Å²) in [6.07, 6.45) is 3.53. The Labute approximate surface area is 150 Å². The number of nitrogens with two attached hydrogens (primary N) is 1. The molecule has 1 aromatic carbocycles. The first-order valence-electron chi connectivity index (χ1n) is 7.43. The van der Waals surface area contributed by atoms with Crippen LogP contribution in [0.1, 0.15) is 38.7 Å². The number of hydrogen-bond acceptors (Lipinski definition) is 1. The zero-order valence-corrected chi connectivity index (χ0v) is 15.9. The predicted octanol–water partition coefficient (Wildman–Crippen LogP) is 4.04. The van der Waals surface area contributed by atoms with Crippen LogP contribution in [0, 0.1) is 0 Å². The second kappa shape index (κ2) is 8.22. The highest BCUT2D eigenvalue weighted by molar-refractivity contribution is 14.0. The van der Waals surface area contributed by atoms with E-state index in [1.54, 1.807) is 0 Å². The smallest absolute Gasteiger partial charge is 0.191 e. The SMILES string of the molecule is CCN(CC)C(N)=NCC1(c2ccccc2Cl)CCC1.I. The molecule has 118 valence electrons. The molecule has 21 heavy (non-hydrogen) atoms. The van der Waals surface area contributed by atoms with Gasteiger partial charge < -0.3 is 10.6 Å². The maximum atomic E-state index is 6.36. The molecule has 1 aromatic rings. The third-order valence-corrected chi connectivity index (χ3v) is 4.72. The number of nitrogens with zero attached hydrogens (tertiary/aromatic N) is 2. The number of guanidine groups is 1. The third-order valence-electron chi connectivity index (χ3n) is 4.39. The molecular formula is C16H25ClIN3. The summed E-state index contributed by atoms with van der Waals surface area (Å²) in [6.45, 7) is 6.72. The van der Waals surface area contributed by atoms with E-state index in [-0.39, 0.29) is 29.4 Å². The van der Waals surface area contributed by atoms with Gasteiger partial charge in [-0.3, -0.25) is 4.99 Å². The van der Waals surface area contributed by atoms with E-state index in [0.29, 0.717) is 5.96 Å². The summed E-state index contributed by atoms with van der Waals surface area (Å²) in [4.78, 5) is 6.72. The molecule has 2 rings (SSSR count). The van der Waals surface area contributed by atoms with Gasteiger partial charge in [-0.15, -0.1) is 24.0 Å². The van der Waals surface area contributed by atoms with E-state index in [2.05, 4.69) is 35.9 Å². The van der Waals surface area contributed by atoms with Crippen LogP contribution in [-0.4, -0.2) is 30.5 Å². The van der Waals surface area contributed by atoms with Crippen molar-refractivity contribution in [3.8, 4) is 0 Å². The minimum Gasteiger partial charge on any atom is -0.370 e. The minimum atomic E-state index is 0. The fourth-order valence-electron chi connectivity index (χ4n) is 2.89. The van der Waals surface area contributed by atoms with E-state index >= 15 is 0 Å². The average Bonchev–Trinajstić information content (AvgIpc) is 2.41. The maximum absolute atomic E-state index is 6.36. The molecule has 1 saturated carbocycles. The lowest BCUT2D eigenvalue weighted by Crippen LogP contribution is -2.41.